The third-order valence-electron chi connectivity index (χ3n) is 3.14. The van der Waals surface area contributed by atoms with Crippen LogP contribution in [0.25, 0.3) is 0 Å². The molecule has 6 heteroatoms. The maximum Gasteiger partial charge on any atom is 0.338 e. The zero-order chi connectivity index (χ0) is 16.0. The number of sulfone groups is 1. The minimum atomic E-state index is -3.60. The van der Waals surface area contributed by atoms with E-state index in [9.17, 15) is 17.6 Å². The third kappa shape index (κ3) is 4.67. The monoisotopic (exact) mass is 314 g/mol. The largest absolute Gasteiger partial charge is 0.478 e. The van der Waals surface area contributed by atoms with Crippen LogP contribution in [0, 0.1) is 12.7 Å². The molecule has 0 bridgehead atoms. The molecule has 1 rings (SSSR count). The van der Waals surface area contributed by atoms with Crippen LogP contribution >= 0.6 is 0 Å². The zero-order valence-electron chi connectivity index (χ0n) is 11.9. The molecule has 0 aliphatic heterocycles. The molecular formula is C15H19FO4S. The Morgan fingerprint density at radius 2 is 2.00 bits per heavy atom. The van der Waals surface area contributed by atoms with Gasteiger partial charge in [-0.1, -0.05) is 12.5 Å². The van der Waals surface area contributed by atoms with E-state index in [1.807, 2.05) is 0 Å². The number of carboxylic acid groups (broad SMARTS) is 1. The first-order valence-electron chi connectivity index (χ1n) is 6.66. The lowest BCUT2D eigenvalue weighted by atomic mass is 10.1. The van der Waals surface area contributed by atoms with E-state index in [2.05, 4.69) is 6.58 Å². The molecule has 4 nitrogen and oxygen atoms in total. The second kappa shape index (κ2) is 7.36. The van der Waals surface area contributed by atoms with Crippen LogP contribution in [0.5, 0.6) is 0 Å². The van der Waals surface area contributed by atoms with E-state index in [4.69, 9.17) is 5.11 Å². The van der Waals surface area contributed by atoms with Gasteiger partial charge in [-0.15, -0.1) is 6.58 Å². The number of carbonyl (C=O) groups is 1. The van der Waals surface area contributed by atoms with Crippen LogP contribution in [-0.4, -0.2) is 25.2 Å². The molecule has 116 valence electrons. The van der Waals surface area contributed by atoms with Crippen molar-refractivity contribution in [3.63, 3.8) is 0 Å². The molecule has 0 saturated heterocycles. The van der Waals surface area contributed by atoms with Gasteiger partial charge in [0, 0.05) is 0 Å². The van der Waals surface area contributed by atoms with Crippen molar-refractivity contribution in [1.82, 2.24) is 0 Å². The molecule has 0 unspecified atom stereocenters. The van der Waals surface area contributed by atoms with Crippen molar-refractivity contribution >= 4 is 15.8 Å². The standard InChI is InChI=1S/C15H19FO4S/c1-3-4-5-6-7-8-21(19,20)12-9-11(2)14(16)13(10-12)15(17)18/h3,9-10H,1,4-8H2,2H3,(H,17,18). The number of hydrogen-bond donors (Lipinski definition) is 1. The summed E-state index contributed by atoms with van der Waals surface area (Å²) in [5.74, 6) is -2.44. The molecule has 0 saturated carbocycles. The van der Waals surface area contributed by atoms with Crippen LogP contribution in [-0.2, 0) is 9.84 Å². The van der Waals surface area contributed by atoms with Gasteiger partial charge in [-0.2, -0.15) is 0 Å². The summed E-state index contributed by atoms with van der Waals surface area (Å²) in [4.78, 5) is 10.8. The number of aryl methyl sites for hydroxylation is 1. The predicted octanol–water partition coefficient (Wildman–Crippen LogP) is 3.35. The Bertz CT molecular complexity index is 635. The molecule has 0 spiro atoms. The van der Waals surface area contributed by atoms with E-state index in [0.717, 1.165) is 25.3 Å². The Balaban J connectivity index is 2.93. The van der Waals surface area contributed by atoms with Crippen molar-refractivity contribution < 1.29 is 22.7 Å². The molecule has 0 atom stereocenters. The van der Waals surface area contributed by atoms with Crippen molar-refractivity contribution in [3.8, 4) is 0 Å². The maximum absolute atomic E-state index is 13.6. The summed E-state index contributed by atoms with van der Waals surface area (Å²) in [7, 11) is -3.60. The van der Waals surface area contributed by atoms with Crippen LogP contribution in [0.2, 0.25) is 0 Å². The van der Waals surface area contributed by atoms with E-state index >= 15 is 0 Å². The minimum absolute atomic E-state index is 0.0140. The molecule has 0 heterocycles. The number of allylic oxidation sites excluding steroid dienone is 1. The van der Waals surface area contributed by atoms with E-state index in [0.29, 0.717) is 6.42 Å². The van der Waals surface area contributed by atoms with Gasteiger partial charge in [0.1, 0.15) is 5.82 Å². The normalized spacial score (nSPS) is 11.3. The van der Waals surface area contributed by atoms with Gasteiger partial charge < -0.3 is 5.11 Å². The van der Waals surface area contributed by atoms with Crippen LogP contribution in [0.4, 0.5) is 4.39 Å². The van der Waals surface area contributed by atoms with Crippen LogP contribution < -0.4 is 0 Å². The molecule has 0 aliphatic rings. The van der Waals surface area contributed by atoms with Crippen molar-refractivity contribution in [2.45, 2.75) is 37.5 Å². The first kappa shape index (κ1) is 17.4. The zero-order valence-corrected chi connectivity index (χ0v) is 12.7. The SMILES string of the molecule is C=CCCCCCS(=O)(=O)c1cc(C)c(F)c(C(=O)O)c1. The summed E-state index contributed by atoms with van der Waals surface area (Å²) in [5.41, 5.74) is -0.597. The summed E-state index contributed by atoms with van der Waals surface area (Å²) in [5, 5.41) is 8.91. The average Bonchev–Trinajstić information content (AvgIpc) is 2.40. The first-order valence-corrected chi connectivity index (χ1v) is 8.32. The smallest absolute Gasteiger partial charge is 0.338 e. The lowest BCUT2D eigenvalue weighted by Crippen LogP contribution is -2.11. The lowest BCUT2D eigenvalue weighted by Gasteiger charge is -2.08. The highest BCUT2D eigenvalue weighted by atomic mass is 32.2. The highest BCUT2D eigenvalue weighted by Gasteiger charge is 2.21. The van der Waals surface area contributed by atoms with Crippen molar-refractivity contribution in [3.05, 3.63) is 41.7 Å². The molecule has 0 aliphatic carbocycles. The minimum Gasteiger partial charge on any atom is -0.478 e. The van der Waals surface area contributed by atoms with Crippen molar-refractivity contribution in [1.29, 1.82) is 0 Å². The summed E-state index contributed by atoms with van der Waals surface area (Å²) in [6, 6.07) is 2.07. The number of carboxylic acids is 1. The molecule has 0 radical (unpaired) electrons. The number of aromatic carboxylic acids is 1. The average molecular weight is 314 g/mol. The molecule has 0 fully saturated rings. The number of unbranched alkanes of at least 4 members (excludes halogenated alkanes) is 3. The van der Waals surface area contributed by atoms with Crippen LogP contribution in [0.15, 0.2) is 29.7 Å². The fourth-order valence-electron chi connectivity index (χ4n) is 1.95. The predicted molar refractivity (Wildman–Crippen MR) is 78.8 cm³/mol. The topological polar surface area (TPSA) is 71.4 Å². The Morgan fingerprint density at radius 1 is 1.33 bits per heavy atom. The first-order chi connectivity index (χ1) is 9.79. The molecule has 0 aromatic heterocycles. The molecular weight excluding hydrogens is 295 g/mol. The van der Waals surface area contributed by atoms with Gasteiger partial charge in [0.25, 0.3) is 0 Å². The van der Waals surface area contributed by atoms with Gasteiger partial charge in [0.2, 0.25) is 0 Å². The molecule has 21 heavy (non-hydrogen) atoms. The highest BCUT2D eigenvalue weighted by molar-refractivity contribution is 7.91. The number of benzene rings is 1. The number of hydrogen-bond acceptors (Lipinski definition) is 3. The fraction of sp³-hybridized carbons (Fsp3) is 0.400. The second-order valence-corrected chi connectivity index (χ2v) is 6.97. The Kier molecular flexibility index (Phi) is 6.08. The summed E-state index contributed by atoms with van der Waals surface area (Å²) in [6.45, 7) is 4.94. The van der Waals surface area contributed by atoms with Gasteiger partial charge >= 0.3 is 5.97 Å². The van der Waals surface area contributed by atoms with Crippen LogP contribution in [0.1, 0.15) is 41.6 Å². The quantitative estimate of drug-likeness (QED) is 0.454. The molecule has 1 N–H and O–H groups in total. The van der Waals surface area contributed by atoms with E-state index < -0.39 is 27.2 Å². The molecule has 1 aromatic rings. The van der Waals surface area contributed by atoms with Gasteiger partial charge in [-0.05, 0) is 43.9 Å². The summed E-state index contributed by atoms with van der Waals surface area (Å²) >= 11 is 0. The van der Waals surface area contributed by atoms with E-state index in [-0.39, 0.29) is 16.2 Å². The Hall–Kier alpha value is -1.69. The van der Waals surface area contributed by atoms with Gasteiger partial charge in [-0.3, -0.25) is 0 Å². The third-order valence-corrected chi connectivity index (χ3v) is 4.92. The van der Waals surface area contributed by atoms with Crippen molar-refractivity contribution in [2.75, 3.05) is 5.75 Å². The van der Waals surface area contributed by atoms with Crippen molar-refractivity contribution in [2.24, 2.45) is 0 Å². The fourth-order valence-corrected chi connectivity index (χ4v) is 3.42. The lowest BCUT2D eigenvalue weighted by molar-refractivity contribution is 0.0691. The van der Waals surface area contributed by atoms with Gasteiger partial charge in [0.15, 0.2) is 9.84 Å². The summed E-state index contributed by atoms with van der Waals surface area (Å²) < 4.78 is 38.0. The van der Waals surface area contributed by atoms with E-state index in [1.165, 1.54) is 13.0 Å². The van der Waals surface area contributed by atoms with Crippen LogP contribution in [0.3, 0.4) is 0 Å². The Labute approximate surface area is 124 Å². The highest BCUT2D eigenvalue weighted by Crippen LogP contribution is 2.21. The number of rotatable bonds is 8. The maximum atomic E-state index is 13.6. The molecule has 1 aromatic carbocycles. The number of halogens is 1. The molecule has 0 amide bonds. The second-order valence-electron chi connectivity index (χ2n) is 4.86. The van der Waals surface area contributed by atoms with E-state index in [1.54, 1.807) is 6.08 Å². The summed E-state index contributed by atoms with van der Waals surface area (Å²) in [6.07, 6.45) is 4.70. The van der Waals surface area contributed by atoms with Gasteiger partial charge in [-0.25, -0.2) is 17.6 Å². The Morgan fingerprint density at radius 3 is 2.57 bits per heavy atom. The van der Waals surface area contributed by atoms with Gasteiger partial charge in [0.05, 0.1) is 16.2 Å².